The molecule has 0 aromatic heterocycles. The van der Waals surface area contributed by atoms with Crippen LogP contribution in [-0.2, 0) is 5.60 Å². The van der Waals surface area contributed by atoms with Crippen molar-refractivity contribution < 1.29 is 5.11 Å². The summed E-state index contributed by atoms with van der Waals surface area (Å²) in [6.07, 6.45) is 0. The fraction of sp³-hybridized carbons (Fsp3) is 0.0204. The first kappa shape index (κ1) is 31.8. The maximum Gasteiger partial charge on any atom is 0.140 e. The molecule has 244 valence electrons. The van der Waals surface area contributed by atoms with Crippen molar-refractivity contribution in [2.75, 3.05) is 4.90 Å². The fourth-order valence-corrected chi connectivity index (χ4v) is 7.08. The number of hydrogen-bond donors (Lipinski definition) is 1. The first-order valence-corrected chi connectivity index (χ1v) is 17.3. The van der Waals surface area contributed by atoms with Gasteiger partial charge in [0.2, 0.25) is 0 Å². The summed E-state index contributed by atoms with van der Waals surface area (Å²) in [6, 6.07) is 75.2. The summed E-state index contributed by atoms with van der Waals surface area (Å²) in [5.74, 6) is 0. The molecule has 8 rings (SSSR count). The van der Waals surface area contributed by atoms with Crippen molar-refractivity contribution in [1.82, 2.24) is 0 Å². The topological polar surface area (TPSA) is 23.5 Å². The van der Waals surface area contributed by atoms with Gasteiger partial charge >= 0.3 is 0 Å². The van der Waals surface area contributed by atoms with Gasteiger partial charge in [0.1, 0.15) is 5.60 Å². The Morgan fingerprint density at radius 1 is 0.314 bits per heavy atom. The van der Waals surface area contributed by atoms with Crippen LogP contribution in [0.1, 0.15) is 16.7 Å². The van der Waals surface area contributed by atoms with Crippen LogP contribution in [0.5, 0.6) is 0 Å². The summed E-state index contributed by atoms with van der Waals surface area (Å²) in [5, 5.41) is 13.2. The minimum atomic E-state index is -1.44. The molecular formula is C49H37NO. The molecular weight excluding hydrogens is 619 g/mol. The average molecular weight is 656 g/mol. The van der Waals surface area contributed by atoms with Crippen LogP contribution >= 0.6 is 0 Å². The fourth-order valence-electron chi connectivity index (χ4n) is 7.08. The lowest BCUT2D eigenvalue weighted by Gasteiger charge is -2.34. The lowest BCUT2D eigenvalue weighted by molar-refractivity contribution is 0.126. The number of aliphatic hydroxyl groups is 1. The third-order valence-electron chi connectivity index (χ3n) is 9.53. The van der Waals surface area contributed by atoms with Gasteiger partial charge in [0, 0.05) is 22.5 Å². The third-order valence-corrected chi connectivity index (χ3v) is 9.53. The molecule has 1 N–H and O–H groups in total. The normalized spacial score (nSPS) is 11.2. The van der Waals surface area contributed by atoms with Crippen molar-refractivity contribution in [2.45, 2.75) is 5.60 Å². The van der Waals surface area contributed by atoms with Crippen molar-refractivity contribution in [3.8, 4) is 33.4 Å². The van der Waals surface area contributed by atoms with Crippen molar-refractivity contribution in [3.05, 3.63) is 235 Å². The van der Waals surface area contributed by atoms with Gasteiger partial charge in [-0.25, -0.2) is 0 Å². The van der Waals surface area contributed by atoms with Gasteiger partial charge in [-0.2, -0.15) is 0 Å². The molecule has 2 nitrogen and oxygen atoms in total. The largest absolute Gasteiger partial charge is 0.376 e. The predicted octanol–water partition coefficient (Wildman–Crippen LogP) is 12.4. The third kappa shape index (κ3) is 6.25. The summed E-state index contributed by atoms with van der Waals surface area (Å²) < 4.78 is 0. The number of anilines is 3. The van der Waals surface area contributed by atoms with Gasteiger partial charge in [-0.3, -0.25) is 0 Å². The van der Waals surface area contributed by atoms with E-state index in [1.54, 1.807) is 0 Å². The Kier molecular flexibility index (Phi) is 8.83. The highest BCUT2D eigenvalue weighted by Gasteiger charge is 2.35. The van der Waals surface area contributed by atoms with Crippen LogP contribution in [0.4, 0.5) is 17.1 Å². The highest BCUT2D eigenvalue weighted by Crippen LogP contribution is 2.49. The Morgan fingerprint density at radius 3 is 1.20 bits per heavy atom. The molecule has 0 fully saturated rings. The lowest BCUT2D eigenvalue weighted by Crippen LogP contribution is -2.29. The van der Waals surface area contributed by atoms with E-state index in [-0.39, 0.29) is 0 Å². The van der Waals surface area contributed by atoms with Crippen LogP contribution in [0.2, 0.25) is 0 Å². The second kappa shape index (κ2) is 14.2. The monoisotopic (exact) mass is 655 g/mol. The standard InChI is InChI=1S/C49H37NO/c51-49(41-26-13-4-14-27-41,42-28-15-5-16-29-42)43-34-40(37-20-7-1-8-21-37)35-45(36-43)50(44-30-17-6-18-31-44)48-46(38-22-9-2-10-23-38)32-19-33-47(48)39-24-11-3-12-25-39/h1-36,51H. The van der Waals surface area contributed by atoms with Crippen LogP contribution in [0.15, 0.2) is 218 Å². The zero-order chi connectivity index (χ0) is 34.5. The van der Waals surface area contributed by atoms with Gasteiger partial charge < -0.3 is 10.0 Å². The Morgan fingerprint density at radius 2 is 0.725 bits per heavy atom. The number of para-hydroxylation sites is 2. The molecule has 0 saturated heterocycles. The van der Waals surface area contributed by atoms with Gasteiger partial charge in [0.05, 0.1) is 5.69 Å². The molecule has 0 bridgehead atoms. The second-order valence-electron chi connectivity index (χ2n) is 12.7. The van der Waals surface area contributed by atoms with Gasteiger partial charge in [-0.05, 0) is 69.3 Å². The molecule has 2 heteroatoms. The summed E-state index contributed by atoms with van der Waals surface area (Å²) in [4.78, 5) is 2.36. The van der Waals surface area contributed by atoms with Gasteiger partial charge in [0.15, 0.2) is 0 Å². The van der Waals surface area contributed by atoms with Crippen LogP contribution in [0.3, 0.4) is 0 Å². The van der Waals surface area contributed by atoms with Crippen LogP contribution < -0.4 is 4.90 Å². The highest BCUT2D eigenvalue weighted by molar-refractivity contribution is 5.98. The number of benzene rings is 8. The molecule has 51 heavy (non-hydrogen) atoms. The van der Waals surface area contributed by atoms with Crippen molar-refractivity contribution in [2.24, 2.45) is 0 Å². The van der Waals surface area contributed by atoms with Gasteiger partial charge in [0.25, 0.3) is 0 Å². The van der Waals surface area contributed by atoms with Gasteiger partial charge in [-0.1, -0.05) is 188 Å². The lowest BCUT2D eigenvalue weighted by atomic mass is 9.79. The van der Waals surface area contributed by atoms with Crippen LogP contribution in [0, 0.1) is 0 Å². The first-order chi connectivity index (χ1) is 25.2. The molecule has 0 atom stereocenters. The van der Waals surface area contributed by atoms with Gasteiger partial charge in [-0.15, -0.1) is 0 Å². The van der Waals surface area contributed by atoms with E-state index in [0.717, 1.165) is 67.1 Å². The van der Waals surface area contributed by atoms with E-state index in [1.165, 1.54) is 0 Å². The Labute approximate surface area is 300 Å². The smallest absolute Gasteiger partial charge is 0.140 e. The van der Waals surface area contributed by atoms with E-state index < -0.39 is 5.60 Å². The van der Waals surface area contributed by atoms with E-state index in [4.69, 9.17) is 0 Å². The molecule has 0 heterocycles. The molecule has 0 aliphatic carbocycles. The molecule has 0 saturated carbocycles. The highest BCUT2D eigenvalue weighted by atomic mass is 16.3. The Bertz CT molecular complexity index is 2240. The molecule has 0 aliphatic rings. The summed E-state index contributed by atoms with van der Waals surface area (Å²) in [7, 11) is 0. The molecule has 8 aromatic rings. The van der Waals surface area contributed by atoms with E-state index in [9.17, 15) is 5.11 Å². The van der Waals surface area contributed by atoms with E-state index in [1.807, 2.05) is 66.7 Å². The van der Waals surface area contributed by atoms with Crippen LogP contribution in [-0.4, -0.2) is 5.11 Å². The molecule has 0 spiro atoms. The molecule has 0 unspecified atom stereocenters. The second-order valence-corrected chi connectivity index (χ2v) is 12.7. The maximum atomic E-state index is 13.2. The zero-order valence-corrected chi connectivity index (χ0v) is 28.2. The number of hydrogen-bond acceptors (Lipinski definition) is 2. The van der Waals surface area contributed by atoms with Crippen molar-refractivity contribution in [3.63, 3.8) is 0 Å². The minimum absolute atomic E-state index is 0.774. The van der Waals surface area contributed by atoms with Crippen LogP contribution in [0.25, 0.3) is 33.4 Å². The van der Waals surface area contributed by atoms with E-state index >= 15 is 0 Å². The van der Waals surface area contributed by atoms with E-state index in [2.05, 4.69) is 157 Å². The average Bonchev–Trinajstić information content (AvgIpc) is 3.22. The zero-order valence-electron chi connectivity index (χ0n) is 28.2. The molecule has 0 amide bonds. The van der Waals surface area contributed by atoms with Crippen molar-refractivity contribution >= 4 is 17.1 Å². The number of nitrogens with zero attached hydrogens (tertiary/aromatic N) is 1. The SMILES string of the molecule is OC(c1ccccc1)(c1ccccc1)c1cc(-c2ccccc2)cc(N(c2ccccc2)c2c(-c3ccccc3)cccc2-c2ccccc2)c1. The number of rotatable bonds is 9. The van der Waals surface area contributed by atoms with Crippen molar-refractivity contribution in [1.29, 1.82) is 0 Å². The minimum Gasteiger partial charge on any atom is -0.376 e. The summed E-state index contributed by atoms with van der Waals surface area (Å²) in [5.41, 5.74) is 10.5. The predicted molar refractivity (Wildman–Crippen MR) is 212 cm³/mol. The first-order valence-electron chi connectivity index (χ1n) is 17.3. The summed E-state index contributed by atoms with van der Waals surface area (Å²) in [6.45, 7) is 0. The molecule has 0 radical (unpaired) electrons. The molecule has 8 aromatic carbocycles. The van der Waals surface area contributed by atoms with E-state index in [0.29, 0.717) is 0 Å². The maximum absolute atomic E-state index is 13.2. The Balaban J connectivity index is 1.48. The molecule has 0 aliphatic heterocycles. The quantitative estimate of drug-likeness (QED) is 0.156. The Hall–Kier alpha value is -6.48. The summed E-state index contributed by atoms with van der Waals surface area (Å²) >= 11 is 0.